The lowest BCUT2D eigenvalue weighted by Crippen LogP contribution is -2.54. The monoisotopic (exact) mass is 489 g/mol. The van der Waals surface area contributed by atoms with Gasteiger partial charge in [0.25, 0.3) is 11.8 Å². The van der Waals surface area contributed by atoms with Gasteiger partial charge in [-0.1, -0.05) is 13.8 Å². The number of aliphatic hydroxyl groups excluding tert-OH is 1. The van der Waals surface area contributed by atoms with Crippen LogP contribution in [0.25, 0.3) is 0 Å². The fraction of sp³-hybridized carbons (Fsp3) is 0.667. The Kier molecular flexibility index (Phi) is 10.6. The van der Waals surface area contributed by atoms with Crippen LogP contribution in [-0.4, -0.2) is 76.7 Å². The topological polar surface area (TPSA) is 99.2 Å². The number of amides is 3. The zero-order chi connectivity index (χ0) is 26.2. The van der Waals surface area contributed by atoms with Crippen molar-refractivity contribution < 1.29 is 24.2 Å². The van der Waals surface area contributed by atoms with E-state index in [0.717, 1.165) is 31.2 Å². The maximum absolute atomic E-state index is 13.0. The molecule has 0 aliphatic carbocycles. The van der Waals surface area contributed by atoms with E-state index in [1.807, 2.05) is 46.4 Å². The van der Waals surface area contributed by atoms with Crippen molar-refractivity contribution in [3.63, 3.8) is 0 Å². The standard InChI is InChI=1S/C27H43N3O5/c1-7-12-29(13-8-2)25(33)21-16-19(3)15-20(17-21)24(32)28-18-23(31)22-11-9-10-14-30(22)26(34)35-27(4,5)6/h15-17,22-23,31H,7-14,18H2,1-6H3,(H,28,32). The number of carbonyl (C=O) groups excluding carboxylic acids is 3. The number of carbonyl (C=O) groups is 3. The number of ether oxygens (including phenoxy) is 1. The summed E-state index contributed by atoms with van der Waals surface area (Å²) >= 11 is 0. The Morgan fingerprint density at radius 2 is 1.74 bits per heavy atom. The third kappa shape index (κ3) is 8.53. The van der Waals surface area contributed by atoms with Crippen molar-refractivity contribution in [2.45, 2.75) is 91.4 Å². The second-order valence-corrected chi connectivity index (χ2v) is 10.4. The highest BCUT2D eigenvalue weighted by Crippen LogP contribution is 2.23. The number of benzene rings is 1. The molecule has 1 aliphatic rings. The molecule has 2 N–H and O–H groups in total. The summed E-state index contributed by atoms with van der Waals surface area (Å²) < 4.78 is 5.51. The zero-order valence-corrected chi connectivity index (χ0v) is 22.2. The molecule has 0 radical (unpaired) electrons. The first-order valence-corrected chi connectivity index (χ1v) is 12.8. The summed E-state index contributed by atoms with van der Waals surface area (Å²) in [5, 5.41) is 13.6. The molecule has 0 bridgehead atoms. The van der Waals surface area contributed by atoms with Crippen LogP contribution in [0.1, 0.15) is 93.0 Å². The molecule has 1 fully saturated rings. The highest BCUT2D eigenvalue weighted by atomic mass is 16.6. The Balaban J connectivity index is 2.08. The molecule has 1 saturated heterocycles. The van der Waals surface area contributed by atoms with Gasteiger partial charge in [0.05, 0.1) is 12.1 Å². The Hall–Kier alpha value is -2.61. The molecule has 0 saturated carbocycles. The molecule has 2 atom stereocenters. The van der Waals surface area contributed by atoms with Crippen molar-refractivity contribution in [2.75, 3.05) is 26.2 Å². The van der Waals surface area contributed by atoms with Crippen molar-refractivity contribution in [3.05, 3.63) is 34.9 Å². The number of nitrogens with one attached hydrogen (secondary N) is 1. The second kappa shape index (κ2) is 12.9. The first-order valence-electron chi connectivity index (χ1n) is 12.8. The molecule has 1 heterocycles. The van der Waals surface area contributed by atoms with Crippen LogP contribution in [0.4, 0.5) is 4.79 Å². The molecule has 196 valence electrons. The molecular weight excluding hydrogens is 446 g/mol. The summed E-state index contributed by atoms with van der Waals surface area (Å²) in [4.78, 5) is 42.0. The van der Waals surface area contributed by atoms with Crippen LogP contribution in [0.5, 0.6) is 0 Å². The van der Waals surface area contributed by atoms with Crippen LogP contribution in [0, 0.1) is 6.92 Å². The van der Waals surface area contributed by atoms with Crippen LogP contribution >= 0.6 is 0 Å². The van der Waals surface area contributed by atoms with Gasteiger partial charge >= 0.3 is 6.09 Å². The highest BCUT2D eigenvalue weighted by molar-refractivity contribution is 6.00. The van der Waals surface area contributed by atoms with Crippen LogP contribution in [0.15, 0.2) is 18.2 Å². The maximum Gasteiger partial charge on any atom is 0.410 e. The molecule has 2 rings (SSSR count). The minimum atomic E-state index is -0.928. The molecule has 0 aromatic heterocycles. The van der Waals surface area contributed by atoms with Crippen LogP contribution in [-0.2, 0) is 4.74 Å². The van der Waals surface area contributed by atoms with Gasteiger partial charge in [-0.3, -0.25) is 9.59 Å². The number of rotatable bonds is 9. The molecule has 2 unspecified atom stereocenters. The highest BCUT2D eigenvalue weighted by Gasteiger charge is 2.34. The van der Waals surface area contributed by atoms with E-state index in [1.54, 1.807) is 23.1 Å². The van der Waals surface area contributed by atoms with Crippen molar-refractivity contribution >= 4 is 17.9 Å². The Bertz CT molecular complexity index is 874. The summed E-state index contributed by atoms with van der Waals surface area (Å²) in [6.07, 6.45) is 2.74. The molecule has 0 spiro atoms. The molecule has 1 aliphatic heterocycles. The number of nitrogens with zero attached hydrogens (tertiary/aromatic N) is 2. The summed E-state index contributed by atoms with van der Waals surface area (Å²) in [6.45, 7) is 13.2. The van der Waals surface area contributed by atoms with Gasteiger partial charge < -0.3 is 25.0 Å². The van der Waals surface area contributed by atoms with Gasteiger partial charge in [-0.05, 0) is 83.6 Å². The van der Waals surface area contributed by atoms with Gasteiger partial charge in [-0.2, -0.15) is 0 Å². The minimum absolute atomic E-state index is 0.00217. The average Bonchev–Trinajstić information content (AvgIpc) is 2.80. The lowest BCUT2D eigenvalue weighted by Gasteiger charge is -2.39. The first kappa shape index (κ1) is 28.6. The summed E-state index contributed by atoms with van der Waals surface area (Å²) in [5.74, 6) is -0.444. The minimum Gasteiger partial charge on any atom is -0.444 e. The quantitative estimate of drug-likeness (QED) is 0.543. The van der Waals surface area contributed by atoms with Crippen LogP contribution in [0.3, 0.4) is 0 Å². The zero-order valence-electron chi connectivity index (χ0n) is 22.2. The Morgan fingerprint density at radius 1 is 1.11 bits per heavy atom. The van der Waals surface area contributed by atoms with Gasteiger partial charge in [0, 0.05) is 37.3 Å². The fourth-order valence-corrected chi connectivity index (χ4v) is 4.41. The van der Waals surface area contributed by atoms with Crippen molar-refractivity contribution in [3.8, 4) is 0 Å². The number of aliphatic hydroxyl groups is 1. The van der Waals surface area contributed by atoms with Crippen molar-refractivity contribution in [1.82, 2.24) is 15.1 Å². The summed E-state index contributed by atoms with van der Waals surface area (Å²) in [7, 11) is 0. The summed E-state index contributed by atoms with van der Waals surface area (Å²) in [5.41, 5.74) is 1.06. The van der Waals surface area contributed by atoms with E-state index in [1.165, 1.54) is 0 Å². The third-order valence-electron chi connectivity index (χ3n) is 5.95. The Morgan fingerprint density at radius 3 is 2.34 bits per heavy atom. The van der Waals surface area contributed by atoms with E-state index in [9.17, 15) is 19.5 Å². The predicted molar refractivity (Wildman–Crippen MR) is 137 cm³/mol. The van der Waals surface area contributed by atoms with Gasteiger partial charge in [0.2, 0.25) is 0 Å². The van der Waals surface area contributed by atoms with Gasteiger partial charge in [0.15, 0.2) is 0 Å². The molecule has 8 heteroatoms. The van der Waals surface area contributed by atoms with E-state index in [4.69, 9.17) is 4.74 Å². The number of hydrogen-bond donors (Lipinski definition) is 2. The third-order valence-corrected chi connectivity index (χ3v) is 5.95. The van der Waals surface area contributed by atoms with E-state index < -0.39 is 23.8 Å². The first-order chi connectivity index (χ1) is 16.5. The second-order valence-electron chi connectivity index (χ2n) is 10.4. The maximum atomic E-state index is 13.0. The van der Waals surface area contributed by atoms with Gasteiger partial charge in [0.1, 0.15) is 5.60 Å². The van der Waals surface area contributed by atoms with E-state index >= 15 is 0 Å². The van der Waals surface area contributed by atoms with E-state index in [2.05, 4.69) is 5.32 Å². The van der Waals surface area contributed by atoms with E-state index in [-0.39, 0.29) is 18.4 Å². The Labute approximate surface area is 210 Å². The number of likely N-dealkylation sites (tertiary alicyclic amines) is 1. The molecule has 1 aromatic carbocycles. The number of hydrogen-bond acceptors (Lipinski definition) is 5. The predicted octanol–water partition coefficient (Wildman–Crippen LogP) is 4.14. The number of piperidine rings is 1. The van der Waals surface area contributed by atoms with E-state index in [0.29, 0.717) is 37.2 Å². The lowest BCUT2D eigenvalue weighted by molar-refractivity contribution is -0.0155. The largest absolute Gasteiger partial charge is 0.444 e. The van der Waals surface area contributed by atoms with Crippen molar-refractivity contribution in [1.29, 1.82) is 0 Å². The SMILES string of the molecule is CCCN(CCC)C(=O)c1cc(C)cc(C(=O)NCC(O)C2CCCCN2C(=O)OC(C)(C)C)c1. The van der Waals surface area contributed by atoms with Gasteiger partial charge in [-0.25, -0.2) is 4.79 Å². The number of aryl methyl sites for hydroxylation is 1. The lowest BCUT2D eigenvalue weighted by atomic mass is 9.97. The van der Waals surface area contributed by atoms with Crippen molar-refractivity contribution in [2.24, 2.45) is 0 Å². The summed E-state index contributed by atoms with van der Waals surface area (Å²) in [6, 6.07) is 4.72. The van der Waals surface area contributed by atoms with Gasteiger partial charge in [-0.15, -0.1) is 0 Å². The normalized spacial score (nSPS) is 17.0. The molecule has 35 heavy (non-hydrogen) atoms. The molecule has 1 aromatic rings. The smallest absolute Gasteiger partial charge is 0.410 e. The van der Waals surface area contributed by atoms with Crippen LogP contribution < -0.4 is 5.32 Å². The molecular formula is C27H43N3O5. The average molecular weight is 490 g/mol. The molecule has 8 nitrogen and oxygen atoms in total. The molecule has 3 amide bonds. The fourth-order valence-electron chi connectivity index (χ4n) is 4.41. The van der Waals surface area contributed by atoms with Crippen LogP contribution in [0.2, 0.25) is 0 Å².